The third-order valence-corrected chi connectivity index (χ3v) is 5.59. The number of ether oxygens (including phenoxy) is 1. The van der Waals surface area contributed by atoms with Gasteiger partial charge in [0, 0.05) is 11.1 Å². The molecule has 0 saturated carbocycles. The summed E-state index contributed by atoms with van der Waals surface area (Å²) in [7, 11) is 0. The van der Waals surface area contributed by atoms with Crippen molar-refractivity contribution in [1.29, 1.82) is 0 Å². The Morgan fingerprint density at radius 1 is 1.11 bits per heavy atom. The molecule has 4 rings (SSSR count). The van der Waals surface area contributed by atoms with E-state index in [1.165, 1.54) is 24.0 Å². The molecule has 4 heteroatoms. The minimum Gasteiger partial charge on any atom is -0.492 e. The summed E-state index contributed by atoms with van der Waals surface area (Å²) in [5.41, 5.74) is 6.88. The molecule has 2 aromatic carbocycles. The lowest BCUT2D eigenvalue weighted by Gasteiger charge is -2.13. The number of nitrogens with zero attached hydrogens (tertiary/aromatic N) is 1. The zero-order valence-electron chi connectivity index (χ0n) is 16.5. The largest absolute Gasteiger partial charge is 0.492 e. The summed E-state index contributed by atoms with van der Waals surface area (Å²) >= 11 is 0. The minimum absolute atomic E-state index is 0.000773. The Morgan fingerprint density at radius 2 is 1.93 bits per heavy atom. The number of para-hydroxylation sites is 1. The molecule has 0 radical (unpaired) electrons. The fraction of sp³-hybridized carbons (Fsp3) is 0.333. The molecule has 1 amide bonds. The van der Waals surface area contributed by atoms with Crippen molar-refractivity contribution >= 4 is 16.8 Å². The molecule has 1 aliphatic carbocycles. The van der Waals surface area contributed by atoms with E-state index < -0.39 is 0 Å². The second-order valence-electron chi connectivity index (χ2n) is 7.48. The highest BCUT2D eigenvalue weighted by Gasteiger charge is 2.13. The SMILES string of the molecule is Cc1nc2ccccc2c(C)c1CC(=O)NCCOc1ccc2c(c1)CCC2. The highest BCUT2D eigenvalue weighted by atomic mass is 16.5. The number of carbonyl (C=O) groups excluding carboxylic acids is 1. The molecule has 144 valence electrons. The van der Waals surface area contributed by atoms with E-state index in [-0.39, 0.29) is 5.91 Å². The van der Waals surface area contributed by atoms with E-state index in [9.17, 15) is 4.79 Å². The molecule has 1 heterocycles. The van der Waals surface area contributed by atoms with Crippen molar-refractivity contribution in [2.75, 3.05) is 13.2 Å². The molecule has 4 nitrogen and oxygen atoms in total. The molecule has 0 saturated heterocycles. The summed E-state index contributed by atoms with van der Waals surface area (Å²) in [5.74, 6) is 0.890. The Labute approximate surface area is 165 Å². The summed E-state index contributed by atoms with van der Waals surface area (Å²) < 4.78 is 5.81. The van der Waals surface area contributed by atoms with E-state index in [4.69, 9.17) is 4.74 Å². The van der Waals surface area contributed by atoms with E-state index in [0.717, 1.165) is 39.9 Å². The summed E-state index contributed by atoms with van der Waals surface area (Å²) in [6, 6.07) is 14.4. The summed E-state index contributed by atoms with van der Waals surface area (Å²) in [6.45, 7) is 5.00. The maximum absolute atomic E-state index is 12.4. The number of pyridine rings is 1. The monoisotopic (exact) mass is 374 g/mol. The first-order valence-corrected chi connectivity index (χ1v) is 9.98. The van der Waals surface area contributed by atoms with Crippen LogP contribution in [-0.2, 0) is 24.1 Å². The van der Waals surface area contributed by atoms with Crippen LogP contribution in [0.5, 0.6) is 5.75 Å². The van der Waals surface area contributed by atoms with Crippen LogP contribution in [0.15, 0.2) is 42.5 Å². The van der Waals surface area contributed by atoms with Gasteiger partial charge in [0.05, 0.1) is 18.5 Å². The van der Waals surface area contributed by atoms with Gasteiger partial charge in [-0.3, -0.25) is 9.78 Å². The van der Waals surface area contributed by atoms with Gasteiger partial charge in [-0.25, -0.2) is 0 Å². The highest BCUT2D eigenvalue weighted by Crippen LogP contribution is 2.26. The summed E-state index contributed by atoms with van der Waals surface area (Å²) in [4.78, 5) is 17.1. The number of rotatable bonds is 6. The van der Waals surface area contributed by atoms with Crippen LogP contribution in [0, 0.1) is 13.8 Å². The van der Waals surface area contributed by atoms with Gasteiger partial charge in [0.2, 0.25) is 5.91 Å². The van der Waals surface area contributed by atoms with Gasteiger partial charge in [-0.1, -0.05) is 24.3 Å². The van der Waals surface area contributed by atoms with Crippen LogP contribution in [-0.4, -0.2) is 24.0 Å². The number of hydrogen-bond acceptors (Lipinski definition) is 3. The molecule has 1 N–H and O–H groups in total. The molecule has 28 heavy (non-hydrogen) atoms. The lowest BCUT2D eigenvalue weighted by molar-refractivity contribution is -0.120. The van der Waals surface area contributed by atoms with Crippen molar-refractivity contribution < 1.29 is 9.53 Å². The van der Waals surface area contributed by atoms with Crippen molar-refractivity contribution in [3.63, 3.8) is 0 Å². The number of hydrogen-bond donors (Lipinski definition) is 1. The van der Waals surface area contributed by atoms with Crippen molar-refractivity contribution in [1.82, 2.24) is 10.3 Å². The second kappa shape index (κ2) is 8.01. The van der Waals surface area contributed by atoms with Crippen LogP contribution < -0.4 is 10.1 Å². The number of carbonyl (C=O) groups is 1. The Hall–Kier alpha value is -2.88. The molecule has 0 atom stereocenters. The maximum atomic E-state index is 12.4. The van der Waals surface area contributed by atoms with Gasteiger partial charge in [-0.2, -0.15) is 0 Å². The number of nitrogens with one attached hydrogen (secondary N) is 1. The van der Waals surface area contributed by atoms with Crippen molar-refractivity contribution in [3.8, 4) is 5.75 Å². The third-order valence-electron chi connectivity index (χ3n) is 5.59. The predicted molar refractivity (Wildman–Crippen MR) is 112 cm³/mol. The number of amides is 1. The molecule has 3 aromatic rings. The van der Waals surface area contributed by atoms with Crippen molar-refractivity contribution in [2.24, 2.45) is 0 Å². The van der Waals surface area contributed by atoms with Gasteiger partial charge in [-0.05, 0) is 73.6 Å². The average Bonchev–Trinajstić information content (AvgIpc) is 3.16. The molecular formula is C24H26N2O2. The molecule has 0 fully saturated rings. The normalized spacial score (nSPS) is 12.8. The lowest BCUT2D eigenvalue weighted by Crippen LogP contribution is -2.30. The van der Waals surface area contributed by atoms with Crippen molar-refractivity contribution in [3.05, 3.63) is 70.4 Å². The predicted octanol–water partition coefficient (Wildman–Crippen LogP) is 4.08. The zero-order valence-corrected chi connectivity index (χ0v) is 16.5. The molecule has 0 aliphatic heterocycles. The van der Waals surface area contributed by atoms with Gasteiger partial charge >= 0.3 is 0 Å². The fourth-order valence-corrected chi connectivity index (χ4v) is 4.05. The molecule has 1 aliphatic rings. The molecule has 0 bridgehead atoms. The van der Waals surface area contributed by atoms with Gasteiger partial charge in [0.15, 0.2) is 0 Å². The molecule has 0 unspecified atom stereocenters. The van der Waals surface area contributed by atoms with E-state index in [1.54, 1.807) is 0 Å². The summed E-state index contributed by atoms with van der Waals surface area (Å²) in [5, 5.41) is 4.07. The van der Waals surface area contributed by atoms with E-state index in [2.05, 4.69) is 35.4 Å². The Bertz CT molecular complexity index is 1030. The van der Waals surface area contributed by atoms with Gasteiger partial charge < -0.3 is 10.1 Å². The van der Waals surface area contributed by atoms with Crippen LogP contribution >= 0.6 is 0 Å². The molecule has 1 aromatic heterocycles. The Morgan fingerprint density at radius 3 is 2.82 bits per heavy atom. The van der Waals surface area contributed by atoms with Gasteiger partial charge in [0.1, 0.15) is 12.4 Å². The van der Waals surface area contributed by atoms with Crippen molar-refractivity contribution in [2.45, 2.75) is 39.5 Å². The van der Waals surface area contributed by atoms with Gasteiger partial charge in [-0.15, -0.1) is 0 Å². The number of aryl methyl sites for hydroxylation is 4. The van der Waals surface area contributed by atoms with E-state index in [0.29, 0.717) is 19.6 Å². The first kappa shape index (κ1) is 18.5. The average molecular weight is 374 g/mol. The van der Waals surface area contributed by atoms with Crippen LogP contribution in [0.25, 0.3) is 10.9 Å². The number of fused-ring (bicyclic) bond motifs is 2. The lowest BCUT2D eigenvalue weighted by atomic mass is 9.99. The fourth-order valence-electron chi connectivity index (χ4n) is 4.05. The van der Waals surface area contributed by atoms with Crippen LogP contribution in [0.1, 0.15) is 34.4 Å². The maximum Gasteiger partial charge on any atom is 0.224 e. The zero-order chi connectivity index (χ0) is 19.5. The summed E-state index contributed by atoms with van der Waals surface area (Å²) in [6.07, 6.45) is 3.89. The first-order valence-electron chi connectivity index (χ1n) is 9.98. The van der Waals surface area contributed by atoms with Crippen LogP contribution in [0.2, 0.25) is 0 Å². The van der Waals surface area contributed by atoms with E-state index in [1.807, 2.05) is 31.2 Å². The molecule has 0 spiro atoms. The smallest absolute Gasteiger partial charge is 0.224 e. The van der Waals surface area contributed by atoms with E-state index >= 15 is 0 Å². The first-order chi connectivity index (χ1) is 13.6. The third kappa shape index (κ3) is 3.86. The molecular weight excluding hydrogens is 348 g/mol. The van der Waals surface area contributed by atoms with Crippen LogP contribution in [0.3, 0.4) is 0 Å². The topological polar surface area (TPSA) is 51.2 Å². The highest BCUT2D eigenvalue weighted by molar-refractivity contribution is 5.86. The quantitative estimate of drug-likeness (QED) is 0.662. The second-order valence-corrected chi connectivity index (χ2v) is 7.48. The Kier molecular flexibility index (Phi) is 5.29. The number of benzene rings is 2. The number of aromatic nitrogens is 1. The standard InChI is InChI=1S/C24H26N2O2/c1-16-21-8-3-4-9-23(21)26-17(2)22(16)15-24(27)25-12-13-28-20-11-10-18-6-5-7-19(18)14-20/h3-4,8-11,14H,5-7,12-13,15H2,1-2H3,(H,25,27). The minimum atomic E-state index is 0.000773. The van der Waals surface area contributed by atoms with Gasteiger partial charge in [0.25, 0.3) is 0 Å². The Balaban J connectivity index is 1.32. The van der Waals surface area contributed by atoms with Crippen LogP contribution in [0.4, 0.5) is 0 Å².